The van der Waals surface area contributed by atoms with Gasteiger partial charge in [0.05, 0.1) is 5.56 Å². The predicted molar refractivity (Wildman–Crippen MR) is 82.2 cm³/mol. The highest BCUT2D eigenvalue weighted by Gasteiger charge is 2.17. The van der Waals surface area contributed by atoms with Crippen LogP contribution in [0.1, 0.15) is 10.6 Å². The average Bonchev–Trinajstić information content (AvgIpc) is 2.94. The molecular weight excluding hydrogens is 295 g/mol. The monoisotopic (exact) mass is 312 g/mol. The summed E-state index contributed by atoms with van der Waals surface area (Å²) in [5.74, 6) is -0.0254. The van der Waals surface area contributed by atoms with Crippen molar-refractivity contribution in [2.45, 2.75) is 0 Å². The number of halogens is 2. The van der Waals surface area contributed by atoms with Gasteiger partial charge in [0.1, 0.15) is 11.6 Å². The Kier molecular flexibility index (Phi) is 6.39. The summed E-state index contributed by atoms with van der Waals surface area (Å²) in [4.78, 5) is 13.6. The van der Waals surface area contributed by atoms with Gasteiger partial charge in [0.15, 0.2) is 5.76 Å². The van der Waals surface area contributed by atoms with Crippen LogP contribution in [-0.2, 0) is 0 Å². The molecule has 0 spiro atoms. The van der Waals surface area contributed by atoms with E-state index >= 15 is 0 Å². The zero-order valence-corrected chi connectivity index (χ0v) is 12.7. The Morgan fingerprint density at radius 1 is 1.29 bits per heavy atom. The summed E-state index contributed by atoms with van der Waals surface area (Å²) < 4.78 is 19.1. The smallest absolute Gasteiger partial charge is 0.289 e. The predicted octanol–water partition coefficient (Wildman–Crippen LogP) is 2.80. The lowest BCUT2D eigenvalue weighted by Gasteiger charge is -2.14. The van der Waals surface area contributed by atoms with E-state index in [9.17, 15) is 9.18 Å². The fraction of sp³-hybridized carbons (Fsp3) is 0.267. The van der Waals surface area contributed by atoms with Crippen LogP contribution in [0.2, 0.25) is 0 Å². The van der Waals surface area contributed by atoms with Crippen molar-refractivity contribution in [2.24, 2.45) is 0 Å². The molecule has 0 unspecified atom stereocenters. The second-order valence-electron chi connectivity index (χ2n) is 4.47. The molecule has 0 aliphatic rings. The van der Waals surface area contributed by atoms with Gasteiger partial charge in [-0.05, 0) is 31.3 Å². The maximum absolute atomic E-state index is 13.6. The number of nitrogens with zero attached hydrogens (tertiary/aromatic N) is 1. The van der Waals surface area contributed by atoms with Gasteiger partial charge in [-0.2, -0.15) is 0 Å². The van der Waals surface area contributed by atoms with E-state index in [2.05, 4.69) is 5.32 Å². The summed E-state index contributed by atoms with van der Waals surface area (Å²) in [7, 11) is 3.52. The van der Waals surface area contributed by atoms with Crippen LogP contribution in [-0.4, -0.2) is 38.0 Å². The summed E-state index contributed by atoms with van der Waals surface area (Å²) in [5, 5.41) is 2.97. The zero-order chi connectivity index (χ0) is 14.5. The molecule has 1 aromatic carbocycles. The topological polar surface area (TPSA) is 45.5 Å². The first kappa shape index (κ1) is 17.2. The maximum Gasteiger partial charge on any atom is 0.289 e. The molecule has 0 atom stereocenters. The fourth-order valence-electron chi connectivity index (χ4n) is 1.83. The second kappa shape index (κ2) is 7.81. The summed E-state index contributed by atoms with van der Waals surface area (Å²) in [6, 6.07) is 9.49. The number of amides is 1. The summed E-state index contributed by atoms with van der Waals surface area (Å²) in [6.07, 6.45) is 0. The third-order valence-corrected chi connectivity index (χ3v) is 3.00. The molecule has 1 N–H and O–H groups in total. The van der Waals surface area contributed by atoms with Crippen LogP contribution < -0.4 is 5.32 Å². The third kappa shape index (κ3) is 4.06. The number of benzene rings is 1. The normalized spacial score (nSPS) is 10.0. The lowest BCUT2D eigenvalue weighted by atomic mass is 10.1. The first-order valence-electron chi connectivity index (χ1n) is 6.38. The van der Waals surface area contributed by atoms with E-state index < -0.39 is 0 Å². The molecule has 114 valence electrons. The first-order chi connectivity index (χ1) is 9.63. The molecular formula is C15H18ClFN2O2. The lowest BCUT2D eigenvalue weighted by molar-refractivity contribution is 0.0766. The van der Waals surface area contributed by atoms with Gasteiger partial charge in [0.2, 0.25) is 0 Å². The Labute approximate surface area is 129 Å². The molecule has 4 nitrogen and oxygen atoms in total. The Balaban J connectivity index is 0.00000220. The van der Waals surface area contributed by atoms with Crippen LogP contribution in [0.4, 0.5) is 4.39 Å². The minimum Gasteiger partial charge on any atom is -0.451 e. The van der Waals surface area contributed by atoms with E-state index in [1.807, 2.05) is 7.05 Å². The van der Waals surface area contributed by atoms with Gasteiger partial charge in [-0.25, -0.2) is 4.39 Å². The summed E-state index contributed by atoms with van der Waals surface area (Å²) in [6.45, 7) is 1.27. The SMILES string of the molecule is CNCCN(C)C(=O)c1ccc(-c2ccccc2F)o1.Cl. The van der Waals surface area contributed by atoms with E-state index in [4.69, 9.17) is 4.42 Å². The van der Waals surface area contributed by atoms with Gasteiger partial charge < -0.3 is 14.6 Å². The third-order valence-electron chi connectivity index (χ3n) is 3.00. The molecule has 1 amide bonds. The van der Waals surface area contributed by atoms with Gasteiger partial charge in [-0.1, -0.05) is 12.1 Å². The second-order valence-corrected chi connectivity index (χ2v) is 4.47. The standard InChI is InChI=1S/C15H17FN2O2.ClH/c1-17-9-10-18(2)15(19)14-8-7-13(20-14)11-5-3-4-6-12(11)16;/h3-8,17H,9-10H2,1-2H3;1H. The quantitative estimate of drug-likeness (QED) is 0.923. The molecule has 2 aromatic rings. The van der Waals surface area contributed by atoms with Gasteiger partial charge >= 0.3 is 0 Å². The van der Waals surface area contributed by atoms with Crippen molar-refractivity contribution < 1.29 is 13.6 Å². The molecule has 0 bridgehead atoms. The van der Waals surface area contributed by atoms with Crippen molar-refractivity contribution >= 4 is 18.3 Å². The molecule has 0 aliphatic heterocycles. The van der Waals surface area contributed by atoms with Gasteiger partial charge in [-0.3, -0.25) is 4.79 Å². The molecule has 0 radical (unpaired) electrons. The van der Waals surface area contributed by atoms with Crippen LogP contribution in [0.15, 0.2) is 40.8 Å². The van der Waals surface area contributed by atoms with Crippen molar-refractivity contribution in [3.05, 3.63) is 48.0 Å². The van der Waals surface area contributed by atoms with Crippen LogP contribution in [0.3, 0.4) is 0 Å². The highest BCUT2D eigenvalue weighted by molar-refractivity contribution is 5.92. The van der Waals surface area contributed by atoms with Gasteiger partial charge in [0, 0.05) is 20.1 Å². The van der Waals surface area contributed by atoms with E-state index in [0.29, 0.717) is 24.4 Å². The summed E-state index contributed by atoms with van der Waals surface area (Å²) in [5.41, 5.74) is 0.351. The number of nitrogens with one attached hydrogen (secondary N) is 1. The van der Waals surface area contributed by atoms with Crippen molar-refractivity contribution in [1.82, 2.24) is 10.2 Å². The van der Waals surface area contributed by atoms with Gasteiger partial charge in [-0.15, -0.1) is 12.4 Å². The van der Waals surface area contributed by atoms with Gasteiger partial charge in [0.25, 0.3) is 5.91 Å². The number of hydrogen-bond acceptors (Lipinski definition) is 3. The zero-order valence-electron chi connectivity index (χ0n) is 11.9. The Morgan fingerprint density at radius 2 is 2.00 bits per heavy atom. The van der Waals surface area contributed by atoms with E-state index in [0.717, 1.165) is 0 Å². The maximum atomic E-state index is 13.6. The van der Waals surface area contributed by atoms with Crippen LogP contribution in [0, 0.1) is 5.82 Å². The molecule has 21 heavy (non-hydrogen) atoms. The average molecular weight is 313 g/mol. The lowest BCUT2D eigenvalue weighted by Crippen LogP contribution is -2.32. The number of carbonyl (C=O) groups excluding carboxylic acids is 1. The van der Waals surface area contributed by atoms with E-state index in [1.165, 1.54) is 6.07 Å². The largest absolute Gasteiger partial charge is 0.451 e. The van der Waals surface area contributed by atoms with Crippen molar-refractivity contribution in [3.8, 4) is 11.3 Å². The first-order valence-corrected chi connectivity index (χ1v) is 6.38. The number of hydrogen-bond donors (Lipinski definition) is 1. The Hall–Kier alpha value is -1.85. The molecule has 1 heterocycles. The number of furan rings is 1. The number of likely N-dealkylation sites (N-methyl/N-ethyl adjacent to an activating group) is 2. The highest BCUT2D eigenvalue weighted by Crippen LogP contribution is 2.25. The van der Waals surface area contributed by atoms with Crippen molar-refractivity contribution in [1.29, 1.82) is 0 Å². The molecule has 6 heteroatoms. The summed E-state index contributed by atoms with van der Waals surface area (Å²) >= 11 is 0. The minimum atomic E-state index is -0.371. The van der Waals surface area contributed by atoms with Crippen LogP contribution >= 0.6 is 12.4 Å². The Morgan fingerprint density at radius 3 is 2.67 bits per heavy atom. The molecule has 0 aliphatic carbocycles. The van der Waals surface area contributed by atoms with Crippen LogP contribution in [0.25, 0.3) is 11.3 Å². The molecule has 1 aromatic heterocycles. The van der Waals surface area contributed by atoms with E-state index in [1.54, 1.807) is 42.3 Å². The van der Waals surface area contributed by atoms with Crippen molar-refractivity contribution in [2.75, 3.05) is 27.2 Å². The highest BCUT2D eigenvalue weighted by atomic mass is 35.5. The van der Waals surface area contributed by atoms with Crippen molar-refractivity contribution in [3.63, 3.8) is 0 Å². The minimum absolute atomic E-state index is 0. The fourth-order valence-corrected chi connectivity index (χ4v) is 1.83. The van der Waals surface area contributed by atoms with Crippen LogP contribution in [0.5, 0.6) is 0 Å². The van der Waals surface area contributed by atoms with E-state index in [-0.39, 0.29) is 29.9 Å². The molecule has 0 fully saturated rings. The Bertz CT molecular complexity index is 601. The molecule has 0 saturated heterocycles. The molecule has 0 saturated carbocycles. The molecule has 2 rings (SSSR count). The number of rotatable bonds is 5. The number of carbonyl (C=O) groups is 1.